The number of morpholine rings is 1. The van der Waals surface area contributed by atoms with Crippen LogP contribution in [0.5, 0.6) is 0 Å². The standard InChI is InChI=1S/C19H21ClN4O3/c1-12-5-15-18(16(20)6-12)22-8-13(7-21)19(15)24-3-4-27-14(10-24)9-23(2)11-17(25)26/h5-6,8,14H,3-4,9-11H2,1-2H3,(H,25,26). The molecule has 2 heterocycles. The summed E-state index contributed by atoms with van der Waals surface area (Å²) in [7, 11) is 1.75. The number of carboxylic acids is 1. The van der Waals surface area contributed by atoms with Crippen LogP contribution < -0.4 is 4.90 Å². The quantitative estimate of drug-likeness (QED) is 0.840. The highest BCUT2D eigenvalue weighted by atomic mass is 35.5. The van der Waals surface area contributed by atoms with E-state index in [1.54, 1.807) is 18.1 Å². The first-order valence-electron chi connectivity index (χ1n) is 8.65. The summed E-state index contributed by atoms with van der Waals surface area (Å²) in [5.74, 6) is -0.873. The third-order valence-corrected chi connectivity index (χ3v) is 4.82. The first kappa shape index (κ1) is 19.4. The Morgan fingerprint density at radius 1 is 1.56 bits per heavy atom. The average Bonchev–Trinajstić information content (AvgIpc) is 2.60. The van der Waals surface area contributed by atoms with Crippen molar-refractivity contribution in [2.75, 3.05) is 44.7 Å². The number of likely N-dealkylation sites (N-methyl/N-ethyl adjacent to an activating group) is 1. The SMILES string of the molecule is Cc1cc(Cl)c2ncc(C#N)c(N3CCOC(CN(C)CC(=O)O)C3)c2c1. The lowest BCUT2D eigenvalue weighted by Crippen LogP contribution is -2.48. The number of halogens is 1. The molecule has 1 aromatic carbocycles. The molecule has 0 aliphatic carbocycles. The van der Waals surface area contributed by atoms with E-state index in [0.717, 1.165) is 16.6 Å². The van der Waals surface area contributed by atoms with Gasteiger partial charge in [-0.1, -0.05) is 11.6 Å². The van der Waals surface area contributed by atoms with Gasteiger partial charge in [0.05, 0.1) is 41.0 Å². The van der Waals surface area contributed by atoms with Gasteiger partial charge in [0, 0.05) is 31.2 Å². The molecule has 0 amide bonds. The highest BCUT2D eigenvalue weighted by Crippen LogP contribution is 2.34. The van der Waals surface area contributed by atoms with Crippen molar-refractivity contribution < 1.29 is 14.6 Å². The number of fused-ring (bicyclic) bond motifs is 1. The van der Waals surface area contributed by atoms with Crippen LogP contribution >= 0.6 is 11.6 Å². The normalized spacial score (nSPS) is 17.3. The van der Waals surface area contributed by atoms with Gasteiger partial charge < -0.3 is 14.7 Å². The highest BCUT2D eigenvalue weighted by Gasteiger charge is 2.26. The third kappa shape index (κ3) is 4.30. The van der Waals surface area contributed by atoms with E-state index in [0.29, 0.717) is 42.3 Å². The maximum absolute atomic E-state index is 10.9. The Bertz CT molecular complexity index is 912. The number of benzene rings is 1. The molecule has 1 atom stereocenters. The predicted molar refractivity (Wildman–Crippen MR) is 103 cm³/mol. The van der Waals surface area contributed by atoms with Gasteiger partial charge in [-0.25, -0.2) is 0 Å². The molecule has 27 heavy (non-hydrogen) atoms. The van der Waals surface area contributed by atoms with Gasteiger partial charge in [0.15, 0.2) is 0 Å². The van der Waals surface area contributed by atoms with Crippen molar-refractivity contribution in [2.24, 2.45) is 0 Å². The number of nitriles is 1. The Hall–Kier alpha value is -2.40. The topological polar surface area (TPSA) is 89.7 Å². The van der Waals surface area contributed by atoms with Gasteiger partial charge in [-0.05, 0) is 31.7 Å². The van der Waals surface area contributed by atoms with Gasteiger partial charge in [-0.2, -0.15) is 5.26 Å². The van der Waals surface area contributed by atoms with Crippen molar-refractivity contribution in [1.29, 1.82) is 5.26 Å². The summed E-state index contributed by atoms with van der Waals surface area (Å²) < 4.78 is 5.81. The lowest BCUT2D eigenvalue weighted by atomic mass is 10.1. The van der Waals surface area contributed by atoms with Crippen LogP contribution in [0.1, 0.15) is 11.1 Å². The molecule has 1 aliphatic rings. The lowest BCUT2D eigenvalue weighted by Gasteiger charge is -2.36. The second-order valence-electron chi connectivity index (χ2n) is 6.80. The number of rotatable bonds is 5. The van der Waals surface area contributed by atoms with Crippen LogP contribution in [0.25, 0.3) is 10.9 Å². The molecule has 1 fully saturated rings. The summed E-state index contributed by atoms with van der Waals surface area (Å²) in [5, 5.41) is 19.9. The number of aromatic nitrogens is 1. The smallest absolute Gasteiger partial charge is 0.317 e. The number of pyridine rings is 1. The van der Waals surface area contributed by atoms with Crippen LogP contribution in [0, 0.1) is 18.3 Å². The molecule has 1 aromatic heterocycles. The molecular weight excluding hydrogens is 368 g/mol. The van der Waals surface area contributed by atoms with Crippen molar-refractivity contribution in [2.45, 2.75) is 13.0 Å². The van der Waals surface area contributed by atoms with Crippen LogP contribution in [0.4, 0.5) is 5.69 Å². The van der Waals surface area contributed by atoms with Gasteiger partial charge in [0.25, 0.3) is 0 Å². The Balaban J connectivity index is 1.94. The summed E-state index contributed by atoms with van der Waals surface area (Å²) in [6.07, 6.45) is 1.40. The minimum Gasteiger partial charge on any atom is -0.480 e. The molecule has 1 unspecified atom stereocenters. The fraction of sp³-hybridized carbons (Fsp3) is 0.421. The maximum Gasteiger partial charge on any atom is 0.317 e. The van der Waals surface area contributed by atoms with Crippen LogP contribution in [0.3, 0.4) is 0 Å². The van der Waals surface area contributed by atoms with Crippen molar-refractivity contribution in [1.82, 2.24) is 9.88 Å². The van der Waals surface area contributed by atoms with E-state index >= 15 is 0 Å². The molecule has 0 saturated carbocycles. The molecule has 1 N–H and O–H groups in total. The minimum atomic E-state index is -0.873. The number of aryl methyl sites for hydroxylation is 1. The van der Waals surface area contributed by atoms with Gasteiger partial charge in [0.2, 0.25) is 0 Å². The van der Waals surface area contributed by atoms with Crippen LogP contribution in [-0.4, -0.2) is 66.9 Å². The number of carbonyl (C=O) groups is 1. The number of hydrogen-bond acceptors (Lipinski definition) is 6. The molecule has 7 nitrogen and oxygen atoms in total. The summed E-state index contributed by atoms with van der Waals surface area (Å²) in [5.41, 5.74) is 2.96. The fourth-order valence-corrected chi connectivity index (χ4v) is 3.80. The van der Waals surface area contributed by atoms with E-state index in [9.17, 15) is 10.1 Å². The van der Waals surface area contributed by atoms with Gasteiger partial charge in [-0.15, -0.1) is 0 Å². The van der Waals surface area contributed by atoms with Gasteiger partial charge in [-0.3, -0.25) is 14.7 Å². The second-order valence-corrected chi connectivity index (χ2v) is 7.21. The molecule has 3 rings (SSSR count). The summed E-state index contributed by atoms with van der Waals surface area (Å²) in [4.78, 5) is 19.1. The van der Waals surface area contributed by atoms with E-state index in [1.807, 2.05) is 19.1 Å². The molecule has 2 aromatic rings. The monoisotopic (exact) mass is 388 g/mol. The number of anilines is 1. The Labute approximate surface area is 162 Å². The molecule has 1 aliphatic heterocycles. The van der Waals surface area contributed by atoms with Gasteiger partial charge in [0.1, 0.15) is 6.07 Å². The van der Waals surface area contributed by atoms with Crippen LogP contribution in [0.15, 0.2) is 18.3 Å². The molecule has 0 bridgehead atoms. The van der Waals surface area contributed by atoms with Gasteiger partial charge >= 0.3 is 5.97 Å². The summed E-state index contributed by atoms with van der Waals surface area (Å²) in [6.45, 7) is 4.10. The average molecular weight is 389 g/mol. The van der Waals surface area contributed by atoms with Crippen LogP contribution in [-0.2, 0) is 9.53 Å². The number of nitrogens with zero attached hydrogens (tertiary/aromatic N) is 4. The molecule has 0 spiro atoms. The summed E-state index contributed by atoms with van der Waals surface area (Å²) in [6, 6.07) is 6.08. The number of aliphatic carboxylic acids is 1. The van der Waals surface area contributed by atoms with E-state index in [-0.39, 0.29) is 12.6 Å². The van der Waals surface area contributed by atoms with E-state index in [1.165, 1.54) is 0 Å². The molecular formula is C19H21ClN4O3. The highest BCUT2D eigenvalue weighted by molar-refractivity contribution is 6.35. The molecule has 142 valence electrons. The first-order valence-corrected chi connectivity index (χ1v) is 9.02. The van der Waals surface area contributed by atoms with Crippen molar-refractivity contribution in [3.8, 4) is 6.07 Å². The van der Waals surface area contributed by atoms with E-state index < -0.39 is 5.97 Å². The minimum absolute atomic E-state index is 0.0453. The lowest BCUT2D eigenvalue weighted by molar-refractivity contribution is -0.138. The molecule has 0 radical (unpaired) electrons. The second kappa shape index (κ2) is 8.09. The zero-order valence-electron chi connectivity index (χ0n) is 15.3. The number of ether oxygens (including phenoxy) is 1. The van der Waals surface area contributed by atoms with Crippen LogP contribution in [0.2, 0.25) is 5.02 Å². The zero-order chi connectivity index (χ0) is 19.6. The zero-order valence-corrected chi connectivity index (χ0v) is 16.0. The van der Waals surface area contributed by atoms with Crippen molar-refractivity contribution in [3.63, 3.8) is 0 Å². The van der Waals surface area contributed by atoms with Crippen molar-refractivity contribution >= 4 is 34.2 Å². The number of hydrogen-bond donors (Lipinski definition) is 1. The van der Waals surface area contributed by atoms with Crippen molar-refractivity contribution in [3.05, 3.63) is 34.5 Å². The first-order chi connectivity index (χ1) is 12.9. The number of carboxylic acid groups (broad SMARTS) is 1. The van der Waals surface area contributed by atoms with E-state index in [4.69, 9.17) is 21.4 Å². The predicted octanol–water partition coefficient (Wildman–Crippen LogP) is 2.29. The molecule has 8 heteroatoms. The van der Waals surface area contributed by atoms with E-state index in [2.05, 4.69) is 16.0 Å². The largest absolute Gasteiger partial charge is 0.480 e. The summed E-state index contributed by atoms with van der Waals surface area (Å²) >= 11 is 6.36. The Kier molecular flexibility index (Phi) is 5.80. The fourth-order valence-electron chi connectivity index (χ4n) is 3.48. The third-order valence-electron chi connectivity index (χ3n) is 4.54. The Morgan fingerprint density at radius 2 is 2.33 bits per heavy atom. The molecule has 1 saturated heterocycles. The maximum atomic E-state index is 10.9. The Morgan fingerprint density at radius 3 is 3.04 bits per heavy atom.